The summed E-state index contributed by atoms with van der Waals surface area (Å²) >= 11 is 1.70. The van der Waals surface area contributed by atoms with E-state index in [9.17, 15) is 9.59 Å². The number of esters is 1. The maximum Gasteiger partial charge on any atom is 0.307 e. The molecule has 0 atom stereocenters. The molecule has 0 bridgehead atoms. The number of ether oxygens (including phenoxy) is 1. The lowest BCUT2D eigenvalue weighted by Crippen LogP contribution is -2.32. The Kier molecular flexibility index (Phi) is 7.04. The largest absolute Gasteiger partial charge is 0.469 e. The van der Waals surface area contributed by atoms with Crippen molar-refractivity contribution in [2.24, 2.45) is 0 Å². The second kappa shape index (κ2) is 8.36. The predicted molar refractivity (Wildman–Crippen MR) is 68.0 cm³/mol. The quantitative estimate of drug-likeness (QED) is 0.666. The lowest BCUT2D eigenvalue weighted by molar-refractivity contribution is -0.140. The molecule has 1 saturated heterocycles. The number of piperidine rings is 1. The molecule has 1 aliphatic rings. The number of nitrogens with one attached hydrogen (secondary N) is 2. The van der Waals surface area contributed by atoms with Crippen LogP contribution in [0.5, 0.6) is 0 Å². The van der Waals surface area contributed by atoms with E-state index in [1.54, 1.807) is 11.8 Å². The fourth-order valence-electron chi connectivity index (χ4n) is 1.61. The van der Waals surface area contributed by atoms with Crippen LogP contribution >= 0.6 is 11.8 Å². The molecule has 5 nitrogen and oxygen atoms in total. The molecule has 0 aliphatic carbocycles. The van der Waals surface area contributed by atoms with Crippen molar-refractivity contribution in [3.63, 3.8) is 0 Å². The fraction of sp³-hybridized carbons (Fsp3) is 0.818. The Morgan fingerprint density at radius 1 is 1.41 bits per heavy atom. The van der Waals surface area contributed by atoms with Crippen LogP contribution in [0.3, 0.4) is 0 Å². The topological polar surface area (TPSA) is 67.4 Å². The van der Waals surface area contributed by atoms with Gasteiger partial charge in [0.15, 0.2) is 0 Å². The number of thioether (sulfide) groups is 1. The molecule has 0 aromatic heterocycles. The predicted octanol–water partition coefficient (Wildman–Crippen LogP) is 0.151. The van der Waals surface area contributed by atoms with Gasteiger partial charge in [-0.15, -0.1) is 11.8 Å². The normalized spacial score (nSPS) is 16.5. The highest BCUT2D eigenvalue weighted by Gasteiger charge is 2.14. The fourth-order valence-corrected chi connectivity index (χ4v) is 2.67. The molecule has 0 spiro atoms. The summed E-state index contributed by atoms with van der Waals surface area (Å²) in [7, 11) is 1.34. The van der Waals surface area contributed by atoms with Crippen molar-refractivity contribution >= 4 is 23.6 Å². The number of amides is 1. The van der Waals surface area contributed by atoms with E-state index in [1.165, 1.54) is 7.11 Å². The molecule has 1 amide bonds. The van der Waals surface area contributed by atoms with Crippen LogP contribution in [0.15, 0.2) is 0 Å². The summed E-state index contributed by atoms with van der Waals surface area (Å²) in [5, 5.41) is 6.59. The molecule has 17 heavy (non-hydrogen) atoms. The van der Waals surface area contributed by atoms with Gasteiger partial charge in [-0.3, -0.25) is 9.59 Å². The Labute approximate surface area is 106 Å². The molecule has 1 aliphatic heterocycles. The van der Waals surface area contributed by atoms with E-state index in [4.69, 9.17) is 0 Å². The molecule has 0 aromatic carbocycles. The van der Waals surface area contributed by atoms with E-state index in [0.29, 0.717) is 17.5 Å². The monoisotopic (exact) mass is 260 g/mol. The van der Waals surface area contributed by atoms with Crippen LogP contribution in [0.4, 0.5) is 0 Å². The van der Waals surface area contributed by atoms with Gasteiger partial charge in [-0.05, 0) is 25.9 Å². The molecular formula is C11H20N2O3S. The first-order valence-electron chi connectivity index (χ1n) is 5.88. The third-order valence-corrected chi connectivity index (χ3v) is 3.99. The van der Waals surface area contributed by atoms with Gasteiger partial charge in [-0.1, -0.05) is 0 Å². The molecular weight excluding hydrogens is 240 g/mol. The van der Waals surface area contributed by atoms with Crippen LogP contribution in [0.2, 0.25) is 0 Å². The first-order valence-corrected chi connectivity index (χ1v) is 6.93. The molecule has 1 fully saturated rings. The number of rotatable bonds is 6. The van der Waals surface area contributed by atoms with Gasteiger partial charge in [0.25, 0.3) is 0 Å². The second-order valence-electron chi connectivity index (χ2n) is 3.94. The first kappa shape index (κ1) is 14.3. The zero-order valence-electron chi connectivity index (χ0n) is 10.2. The minimum atomic E-state index is -0.295. The molecule has 98 valence electrons. The van der Waals surface area contributed by atoms with Crippen molar-refractivity contribution in [3.8, 4) is 0 Å². The van der Waals surface area contributed by atoms with Crippen molar-refractivity contribution < 1.29 is 14.3 Å². The number of carbonyl (C=O) groups excluding carboxylic acids is 2. The Morgan fingerprint density at radius 3 is 2.76 bits per heavy atom. The van der Waals surface area contributed by atoms with Gasteiger partial charge in [0.05, 0.1) is 19.3 Å². The Hall–Kier alpha value is -0.750. The third kappa shape index (κ3) is 6.53. The highest BCUT2D eigenvalue weighted by Crippen LogP contribution is 2.19. The zero-order valence-corrected chi connectivity index (χ0v) is 11.0. The average molecular weight is 260 g/mol. The maximum absolute atomic E-state index is 11.5. The number of hydrogen-bond acceptors (Lipinski definition) is 5. The molecule has 0 radical (unpaired) electrons. The molecule has 0 saturated carbocycles. The van der Waals surface area contributed by atoms with Crippen molar-refractivity contribution in [2.75, 3.05) is 32.5 Å². The number of hydrogen-bond donors (Lipinski definition) is 2. The van der Waals surface area contributed by atoms with Crippen LogP contribution in [-0.2, 0) is 14.3 Å². The van der Waals surface area contributed by atoms with Crippen molar-refractivity contribution in [1.29, 1.82) is 0 Å². The zero-order chi connectivity index (χ0) is 12.5. The van der Waals surface area contributed by atoms with E-state index < -0.39 is 0 Å². The summed E-state index contributed by atoms with van der Waals surface area (Å²) in [5.74, 6) is 0.181. The number of methoxy groups -OCH3 is 1. The SMILES string of the molecule is COC(=O)CCNC(=O)CSC1CCNCC1. The van der Waals surface area contributed by atoms with E-state index in [0.717, 1.165) is 25.9 Å². The second-order valence-corrected chi connectivity index (χ2v) is 5.23. The molecule has 0 unspecified atom stereocenters. The van der Waals surface area contributed by atoms with Gasteiger partial charge in [-0.2, -0.15) is 0 Å². The smallest absolute Gasteiger partial charge is 0.307 e. The molecule has 1 heterocycles. The summed E-state index contributed by atoms with van der Waals surface area (Å²) in [5.41, 5.74) is 0. The summed E-state index contributed by atoms with van der Waals surface area (Å²) < 4.78 is 4.48. The van der Waals surface area contributed by atoms with E-state index in [1.807, 2.05) is 0 Å². The number of carbonyl (C=O) groups is 2. The minimum absolute atomic E-state index is 0.00237. The summed E-state index contributed by atoms with van der Waals surface area (Å²) in [4.78, 5) is 22.3. The third-order valence-electron chi connectivity index (χ3n) is 2.62. The summed E-state index contributed by atoms with van der Waals surface area (Å²) in [6.07, 6.45) is 2.49. The highest BCUT2D eigenvalue weighted by atomic mass is 32.2. The van der Waals surface area contributed by atoms with Crippen molar-refractivity contribution in [3.05, 3.63) is 0 Å². The van der Waals surface area contributed by atoms with Crippen LogP contribution in [0, 0.1) is 0 Å². The van der Waals surface area contributed by atoms with Gasteiger partial charge in [-0.25, -0.2) is 0 Å². The van der Waals surface area contributed by atoms with Crippen molar-refractivity contribution in [1.82, 2.24) is 10.6 Å². The van der Waals surface area contributed by atoms with Gasteiger partial charge in [0.1, 0.15) is 0 Å². The van der Waals surface area contributed by atoms with Gasteiger partial charge >= 0.3 is 5.97 Å². The lowest BCUT2D eigenvalue weighted by atomic mass is 10.2. The Morgan fingerprint density at radius 2 is 2.12 bits per heavy atom. The van der Waals surface area contributed by atoms with E-state index >= 15 is 0 Å². The maximum atomic E-state index is 11.5. The molecule has 0 aromatic rings. The molecule has 2 N–H and O–H groups in total. The summed E-state index contributed by atoms with van der Waals surface area (Å²) in [6, 6.07) is 0. The van der Waals surface area contributed by atoms with Gasteiger partial charge < -0.3 is 15.4 Å². The summed E-state index contributed by atoms with van der Waals surface area (Å²) in [6.45, 7) is 2.45. The van der Waals surface area contributed by atoms with Crippen LogP contribution in [0.25, 0.3) is 0 Å². The first-order chi connectivity index (χ1) is 8.22. The van der Waals surface area contributed by atoms with E-state index in [-0.39, 0.29) is 18.3 Å². The minimum Gasteiger partial charge on any atom is -0.469 e. The lowest BCUT2D eigenvalue weighted by Gasteiger charge is -2.21. The van der Waals surface area contributed by atoms with Gasteiger partial charge in [0, 0.05) is 11.8 Å². The molecule has 1 rings (SSSR count). The standard InChI is InChI=1S/C11H20N2O3S/c1-16-11(15)4-7-13-10(14)8-17-9-2-5-12-6-3-9/h9,12H,2-8H2,1H3,(H,13,14). The van der Waals surface area contributed by atoms with Crippen molar-refractivity contribution in [2.45, 2.75) is 24.5 Å². The van der Waals surface area contributed by atoms with Crippen LogP contribution in [-0.4, -0.2) is 49.6 Å². The average Bonchev–Trinajstić information content (AvgIpc) is 2.37. The van der Waals surface area contributed by atoms with Crippen LogP contribution < -0.4 is 10.6 Å². The van der Waals surface area contributed by atoms with Gasteiger partial charge in [0.2, 0.25) is 5.91 Å². The Balaban J connectivity index is 2.02. The Bertz CT molecular complexity index is 255. The molecule has 6 heteroatoms. The van der Waals surface area contributed by atoms with Crippen LogP contribution in [0.1, 0.15) is 19.3 Å². The highest BCUT2D eigenvalue weighted by molar-refractivity contribution is 8.00. The van der Waals surface area contributed by atoms with E-state index in [2.05, 4.69) is 15.4 Å².